The molecule has 0 amide bonds. The van der Waals surface area contributed by atoms with Gasteiger partial charge in [-0.3, -0.25) is 0 Å². The van der Waals surface area contributed by atoms with Crippen molar-refractivity contribution in [3.8, 4) is 0 Å². The second-order valence-corrected chi connectivity index (χ2v) is 5.73. The van der Waals surface area contributed by atoms with E-state index in [1.165, 1.54) is 4.90 Å². The lowest BCUT2D eigenvalue weighted by atomic mass is 10.1. The number of hydrogen-bond donors (Lipinski definition) is 1. The minimum atomic E-state index is 0.000138. The first kappa shape index (κ1) is 12.9. The molecule has 0 aliphatic carbocycles. The van der Waals surface area contributed by atoms with Crippen molar-refractivity contribution in [1.82, 2.24) is 0 Å². The van der Waals surface area contributed by atoms with E-state index in [9.17, 15) is 0 Å². The monoisotopic (exact) mass is 243 g/mol. The standard InChI is InChI=1S/C12H18ClNS/c1-4-8(2)15-10-5-6-11(9(3)14)12(13)7-10/h5-9H,4,14H2,1-3H3. The van der Waals surface area contributed by atoms with Crippen LogP contribution < -0.4 is 5.73 Å². The van der Waals surface area contributed by atoms with E-state index >= 15 is 0 Å². The van der Waals surface area contributed by atoms with Crippen LogP contribution in [0.1, 0.15) is 38.8 Å². The van der Waals surface area contributed by atoms with E-state index in [0.29, 0.717) is 5.25 Å². The molecule has 0 fully saturated rings. The summed E-state index contributed by atoms with van der Waals surface area (Å²) in [6.45, 7) is 6.36. The number of hydrogen-bond acceptors (Lipinski definition) is 2. The molecule has 0 bridgehead atoms. The summed E-state index contributed by atoms with van der Waals surface area (Å²) in [6.07, 6.45) is 1.16. The van der Waals surface area contributed by atoms with Crippen molar-refractivity contribution in [3.63, 3.8) is 0 Å². The molecule has 1 nitrogen and oxygen atoms in total. The number of thioether (sulfide) groups is 1. The highest BCUT2D eigenvalue weighted by molar-refractivity contribution is 7.99. The van der Waals surface area contributed by atoms with Crippen LogP contribution in [-0.4, -0.2) is 5.25 Å². The van der Waals surface area contributed by atoms with Gasteiger partial charge in [-0.05, 0) is 31.0 Å². The Balaban J connectivity index is 2.82. The molecule has 3 heteroatoms. The van der Waals surface area contributed by atoms with E-state index in [-0.39, 0.29) is 6.04 Å². The first-order valence-electron chi connectivity index (χ1n) is 5.26. The molecule has 2 unspecified atom stereocenters. The van der Waals surface area contributed by atoms with Crippen LogP contribution in [0.15, 0.2) is 23.1 Å². The highest BCUT2D eigenvalue weighted by Gasteiger charge is 2.07. The zero-order chi connectivity index (χ0) is 11.4. The Morgan fingerprint density at radius 2 is 2.07 bits per heavy atom. The van der Waals surface area contributed by atoms with Crippen LogP contribution in [0.2, 0.25) is 5.02 Å². The smallest absolute Gasteiger partial charge is 0.0464 e. The van der Waals surface area contributed by atoms with Crippen molar-refractivity contribution in [3.05, 3.63) is 28.8 Å². The van der Waals surface area contributed by atoms with Gasteiger partial charge in [0.05, 0.1) is 0 Å². The van der Waals surface area contributed by atoms with Crippen molar-refractivity contribution in [2.75, 3.05) is 0 Å². The topological polar surface area (TPSA) is 26.0 Å². The van der Waals surface area contributed by atoms with Crippen molar-refractivity contribution in [2.24, 2.45) is 5.73 Å². The quantitative estimate of drug-likeness (QED) is 0.801. The molecular formula is C12H18ClNS. The predicted octanol–water partition coefficient (Wildman–Crippen LogP) is 4.25. The fourth-order valence-electron chi connectivity index (χ4n) is 1.27. The molecule has 1 rings (SSSR count). The van der Waals surface area contributed by atoms with E-state index in [1.54, 1.807) is 0 Å². The number of rotatable bonds is 4. The van der Waals surface area contributed by atoms with E-state index in [2.05, 4.69) is 19.9 Å². The highest BCUT2D eigenvalue weighted by Crippen LogP contribution is 2.30. The Morgan fingerprint density at radius 1 is 1.40 bits per heavy atom. The minimum absolute atomic E-state index is 0.000138. The van der Waals surface area contributed by atoms with Crippen LogP contribution >= 0.6 is 23.4 Å². The van der Waals surface area contributed by atoms with Gasteiger partial charge in [0.1, 0.15) is 0 Å². The first-order valence-corrected chi connectivity index (χ1v) is 6.52. The van der Waals surface area contributed by atoms with Gasteiger partial charge < -0.3 is 5.73 Å². The summed E-state index contributed by atoms with van der Waals surface area (Å²) in [5.41, 5.74) is 6.82. The van der Waals surface area contributed by atoms with E-state index in [0.717, 1.165) is 17.0 Å². The zero-order valence-corrected chi connectivity index (χ0v) is 11.0. The molecule has 2 N–H and O–H groups in total. The summed E-state index contributed by atoms with van der Waals surface area (Å²) in [7, 11) is 0. The molecular weight excluding hydrogens is 226 g/mol. The fourth-order valence-corrected chi connectivity index (χ4v) is 2.65. The normalized spacial score (nSPS) is 15.0. The lowest BCUT2D eigenvalue weighted by Crippen LogP contribution is -2.05. The maximum Gasteiger partial charge on any atom is 0.0464 e. The third-order valence-electron chi connectivity index (χ3n) is 2.37. The highest BCUT2D eigenvalue weighted by atomic mass is 35.5. The van der Waals surface area contributed by atoms with Crippen LogP contribution in [0.4, 0.5) is 0 Å². The average Bonchev–Trinajstić information content (AvgIpc) is 2.17. The van der Waals surface area contributed by atoms with Gasteiger partial charge in [-0.25, -0.2) is 0 Å². The molecule has 0 spiro atoms. The average molecular weight is 244 g/mol. The molecule has 84 valence electrons. The Bertz CT molecular complexity index is 325. The summed E-state index contributed by atoms with van der Waals surface area (Å²) in [4.78, 5) is 1.22. The number of halogens is 1. The van der Waals surface area contributed by atoms with Gasteiger partial charge in [0, 0.05) is 21.2 Å². The third kappa shape index (κ3) is 3.71. The van der Waals surface area contributed by atoms with Crippen LogP contribution in [-0.2, 0) is 0 Å². The summed E-state index contributed by atoms with van der Waals surface area (Å²) in [6, 6.07) is 6.14. The van der Waals surface area contributed by atoms with Crippen LogP contribution in [0.25, 0.3) is 0 Å². The van der Waals surface area contributed by atoms with Crippen molar-refractivity contribution < 1.29 is 0 Å². The molecule has 0 aliphatic heterocycles. The lowest BCUT2D eigenvalue weighted by Gasteiger charge is -2.12. The Kier molecular flexibility index (Phi) is 4.97. The predicted molar refractivity (Wildman–Crippen MR) is 69.7 cm³/mol. The second-order valence-electron chi connectivity index (χ2n) is 3.81. The summed E-state index contributed by atoms with van der Waals surface area (Å²) in [5, 5.41) is 1.40. The third-order valence-corrected chi connectivity index (χ3v) is 3.96. The molecule has 0 aliphatic rings. The molecule has 0 saturated heterocycles. The Hall–Kier alpha value is -0.180. The fraction of sp³-hybridized carbons (Fsp3) is 0.500. The van der Waals surface area contributed by atoms with Crippen LogP contribution in [0, 0.1) is 0 Å². The molecule has 0 aromatic heterocycles. The Labute approximate surface area is 101 Å². The first-order chi connectivity index (χ1) is 7.04. The molecule has 2 atom stereocenters. The van der Waals surface area contributed by atoms with Crippen LogP contribution in [0.3, 0.4) is 0 Å². The maximum absolute atomic E-state index is 6.16. The summed E-state index contributed by atoms with van der Waals surface area (Å²) < 4.78 is 0. The summed E-state index contributed by atoms with van der Waals surface area (Å²) >= 11 is 8.01. The number of benzene rings is 1. The van der Waals surface area contributed by atoms with Gasteiger partial charge in [0.25, 0.3) is 0 Å². The van der Waals surface area contributed by atoms with Gasteiger partial charge in [-0.15, -0.1) is 11.8 Å². The van der Waals surface area contributed by atoms with Gasteiger partial charge in [0.15, 0.2) is 0 Å². The van der Waals surface area contributed by atoms with Crippen LogP contribution in [0.5, 0.6) is 0 Å². The number of nitrogens with two attached hydrogens (primary N) is 1. The molecule has 1 aromatic carbocycles. The van der Waals surface area contributed by atoms with Gasteiger partial charge in [-0.1, -0.05) is 31.5 Å². The minimum Gasteiger partial charge on any atom is -0.324 e. The SMILES string of the molecule is CCC(C)Sc1ccc(C(C)N)c(Cl)c1. The van der Waals surface area contributed by atoms with Gasteiger partial charge in [-0.2, -0.15) is 0 Å². The summed E-state index contributed by atoms with van der Waals surface area (Å²) in [5.74, 6) is 0. The largest absolute Gasteiger partial charge is 0.324 e. The molecule has 0 radical (unpaired) electrons. The second kappa shape index (κ2) is 5.78. The molecule has 1 aromatic rings. The van der Waals surface area contributed by atoms with Crippen molar-refractivity contribution >= 4 is 23.4 Å². The van der Waals surface area contributed by atoms with Crippen molar-refractivity contribution in [1.29, 1.82) is 0 Å². The van der Waals surface area contributed by atoms with Gasteiger partial charge >= 0.3 is 0 Å². The van der Waals surface area contributed by atoms with Crippen molar-refractivity contribution in [2.45, 2.75) is 43.4 Å². The molecule has 0 saturated carbocycles. The van der Waals surface area contributed by atoms with E-state index in [1.807, 2.05) is 30.8 Å². The Morgan fingerprint density at radius 3 is 2.53 bits per heavy atom. The van der Waals surface area contributed by atoms with E-state index in [4.69, 9.17) is 17.3 Å². The molecule has 0 heterocycles. The maximum atomic E-state index is 6.16. The van der Waals surface area contributed by atoms with E-state index < -0.39 is 0 Å². The molecule has 15 heavy (non-hydrogen) atoms. The zero-order valence-electron chi connectivity index (χ0n) is 9.46. The lowest BCUT2D eigenvalue weighted by molar-refractivity contribution is 0.817. The van der Waals surface area contributed by atoms with Gasteiger partial charge in [0.2, 0.25) is 0 Å².